The highest BCUT2D eigenvalue weighted by molar-refractivity contribution is 5.96. The molecule has 0 saturated heterocycles. The van der Waals surface area contributed by atoms with Gasteiger partial charge in [-0.1, -0.05) is 30.3 Å². The number of rotatable bonds is 4. The lowest BCUT2D eigenvalue weighted by molar-refractivity contribution is -0.139. The van der Waals surface area contributed by atoms with Gasteiger partial charge in [0.05, 0.1) is 5.56 Å². The Bertz CT molecular complexity index is 572. The normalized spacial score (nSPS) is 11.6. The molecule has 6 nitrogen and oxygen atoms in total. The summed E-state index contributed by atoms with van der Waals surface area (Å²) in [5, 5.41) is 11.6. The van der Waals surface area contributed by atoms with Gasteiger partial charge in [-0.2, -0.15) is 0 Å². The SMILES string of the molecule is O=C(NC(C(=O)O)c1ccccc1)c1cncnc1. The Kier molecular flexibility index (Phi) is 3.82. The number of carbonyl (C=O) groups excluding carboxylic acids is 1. The van der Waals surface area contributed by atoms with E-state index in [1.807, 2.05) is 0 Å². The third kappa shape index (κ3) is 3.12. The third-order valence-corrected chi connectivity index (χ3v) is 2.48. The first kappa shape index (κ1) is 12.7. The number of carbonyl (C=O) groups is 2. The summed E-state index contributed by atoms with van der Waals surface area (Å²) in [6.07, 6.45) is 3.95. The minimum absolute atomic E-state index is 0.213. The average molecular weight is 257 g/mol. The van der Waals surface area contributed by atoms with Crippen molar-refractivity contribution in [2.24, 2.45) is 0 Å². The lowest BCUT2D eigenvalue weighted by atomic mass is 10.1. The van der Waals surface area contributed by atoms with E-state index >= 15 is 0 Å². The van der Waals surface area contributed by atoms with Crippen molar-refractivity contribution in [3.05, 3.63) is 60.2 Å². The molecule has 0 spiro atoms. The fourth-order valence-electron chi connectivity index (χ4n) is 1.56. The van der Waals surface area contributed by atoms with Gasteiger partial charge in [-0.3, -0.25) is 4.79 Å². The summed E-state index contributed by atoms with van der Waals surface area (Å²) in [5.74, 6) is -1.66. The molecule has 0 aliphatic carbocycles. The van der Waals surface area contributed by atoms with Gasteiger partial charge in [-0.25, -0.2) is 14.8 Å². The molecule has 0 saturated carbocycles. The first-order chi connectivity index (χ1) is 9.18. The number of nitrogens with one attached hydrogen (secondary N) is 1. The van der Waals surface area contributed by atoms with E-state index in [-0.39, 0.29) is 5.56 Å². The summed E-state index contributed by atoms with van der Waals surface area (Å²) in [6, 6.07) is 7.37. The Morgan fingerprint density at radius 3 is 2.32 bits per heavy atom. The first-order valence-corrected chi connectivity index (χ1v) is 5.52. The molecule has 0 radical (unpaired) electrons. The van der Waals surface area contributed by atoms with Crippen LogP contribution in [0.25, 0.3) is 0 Å². The third-order valence-electron chi connectivity index (χ3n) is 2.48. The van der Waals surface area contributed by atoms with Crippen molar-refractivity contribution in [3.8, 4) is 0 Å². The van der Waals surface area contributed by atoms with Crippen molar-refractivity contribution in [1.29, 1.82) is 0 Å². The number of aromatic nitrogens is 2. The first-order valence-electron chi connectivity index (χ1n) is 5.52. The van der Waals surface area contributed by atoms with Crippen molar-refractivity contribution in [3.63, 3.8) is 0 Å². The molecular weight excluding hydrogens is 246 g/mol. The van der Waals surface area contributed by atoms with Crippen LogP contribution in [0.3, 0.4) is 0 Å². The van der Waals surface area contributed by atoms with Gasteiger partial charge >= 0.3 is 5.97 Å². The lowest BCUT2D eigenvalue weighted by Crippen LogP contribution is -2.33. The molecule has 2 aromatic rings. The van der Waals surface area contributed by atoms with Crippen molar-refractivity contribution in [2.45, 2.75) is 6.04 Å². The molecule has 0 fully saturated rings. The number of aliphatic carboxylic acids is 1. The molecule has 96 valence electrons. The fourth-order valence-corrected chi connectivity index (χ4v) is 1.56. The summed E-state index contributed by atoms with van der Waals surface area (Å²) in [5.41, 5.74) is 0.713. The number of amides is 1. The highest BCUT2D eigenvalue weighted by atomic mass is 16.4. The number of carboxylic acid groups (broad SMARTS) is 1. The Labute approximate surface area is 109 Å². The topological polar surface area (TPSA) is 92.2 Å². The van der Waals surface area contributed by atoms with E-state index in [0.29, 0.717) is 5.56 Å². The molecule has 19 heavy (non-hydrogen) atoms. The molecule has 1 unspecified atom stereocenters. The fraction of sp³-hybridized carbons (Fsp3) is 0.0769. The summed E-state index contributed by atoms with van der Waals surface area (Å²) in [6.45, 7) is 0. The molecular formula is C13H11N3O3. The van der Waals surface area contributed by atoms with E-state index in [1.54, 1.807) is 30.3 Å². The molecule has 1 amide bonds. The quantitative estimate of drug-likeness (QED) is 0.853. The second kappa shape index (κ2) is 5.72. The minimum Gasteiger partial charge on any atom is -0.479 e. The van der Waals surface area contributed by atoms with Gasteiger partial charge in [0.25, 0.3) is 5.91 Å². The predicted molar refractivity (Wildman–Crippen MR) is 66.3 cm³/mol. The Morgan fingerprint density at radius 1 is 1.11 bits per heavy atom. The van der Waals surface area contributed by atoms with Crippen LogP contribution < -0.4 is 5.32 Å². The Hall–Kier alpha value is -2.76. The molecule has 1 aromatic heterocycles. The van der Waals surface area contributed by atoms with E-state index in [1.165, 1.54) is 18.7 Å². The second-order valence-corrected chi connectivity index (χ2v) is 3.78. The van der Waals surface area contributed by atoms with Crippen molar-refractivity contribution in [2.75, 3.05) is 0 Å². The zero-order chi connectivity index (χ0) is 13.7. The van der Waals surface area contributed by atoms with E-state index < -0.39 is 17.9 Å². The van der Waals surface area contributed by atoms with Gasteiger partial charge in [0.1, 0.15) is 6.33 Å². The van der Waals surface area contributed by atoms with Crippen LogP contribution in [0.4, 0.5) is 0 Å². The van der Waals surface area contributed by atoms with Gasteiger partial charge in [-0.15, -0.1) is 0 Å². The van der Waals surface area contributed by atoms with E-state index in [0.717, 1.165) is 0 Å². The number of carboxylic acids is 1. The van der Waals surface area contributed by atoms with Gasteiger partial charge in [0, 0.05) is 12.4 Å². The molecule has 0 aliphatic heterocycles. The van der Waals surface area contributed by atoms with E-state index in [2.05, 4.69) is 15.3 Å². The molecule has 1 aromatic carbocycles. The monoisotopic (exact) mass is 257 g/mol. The lowest BCUT2D eigenvalue weighted by Gasteiger charge is -2.14. The molecule has 0 aliphatic rings. The van der Waals surface area contributed by atoms with Crippen LogP contribution in [-0.2, 0) is 4.79 Å². The number of nitrogens with zero attached hydrogens (tertiary/aromatic N) is 2. The smallest absolute Gasteiger partial charge is 0.330 e. The predicted octanol–water partition coefficient (Wildman–Crippen LogP) is 1.03. The van der Waals surface area contributed by atoms with Crippen molar-refractivity contribution < 1.29 is 14.7 Å². The molecule has 1 atom stereocenters. The van der Waals surface area contributed by atoms with Crippen LogP contribution in [0.5, 0.6) is 0 Å². The van der Waals surface area contributed by atoms with Crippen LogP contribution in [0.15, 0.2) is 49.1 Å². The maximum absolute atomic E-state index is 11.9. The molecule has 0 bridgehead atoms. The van der Waals surface area contributed by atoms with Gasteiger partial charge in [0.15, 0.2) is 6.04 Å². The van der Waals surface area contributed by atoms with E-state index in [9.17, 15) is 14.7 Å². The van der Waals surface area contributed by atoms with Gasteiger partial charge in [0.2, 0.25) is 0 Å². The molecule has 1 heterocycles. The second-order valence-electron chi connectivity index (χ2n) is 3.78. The summed E-state index contributed by atoms with van der Waals surface area (Å²) in [7, 11) is 0. The summed E-state index contributed by atoms with van der Waals surface area (Å²) >= 11 is 0. The van der Waals surface area contributed by atoms with Crippen LogP contribution in [0.2, 0.25) is 0 Å². The van der Waals surface area contributed by atoms with E-state index in [4.69, 9.17) is 0 Å². The highest BCUT2D eigenvalue weighted by Crippen LogP contribution is 2.13. The largest absolute Gasteiger partial charge is 0.479 e. The average Bonchev–Trinajstić information content (AvgIpc) is 2.46. The van der Waals surface area contributed by atoms with Crippen molar-refractivity contribution in [1.82, 2.24) is 15.3 Å². The maximum atomic E-state index is 11.9. The van der Waals surface area contributed by atoms with Crippen LogP contribution >= 0.6 is 0 Å². The van der Waals surface area contributed by atoms with Crippen LogP contribution in [-0.4, -0.2) is 27.0 Å². The summed E-state index contributed by atoms with van der Waals surface area (Å²) in [4.78, 5) is 30.5. The Morgan fingerprint density at radius 2 is 1.74 bits per heavy atom. The number of hydrogen-bond acceptors (Lipinski definition) is 4. The summed E-state index contributed by atoms with van der Waals surface area (Å²) < 4.78 is 0. The highest BCUT2D eigenvalue weighted by Gasteiger charge is 2.22. The minimum atomic E-state index is -1.13. The van der Waals surface area contributed by atoms with Crippen LogP contribution in [0, 0.1) is 0 Å². The number of hydrogen-bond donors (Lipinski definition) is 2. The Balaban J connectivity index is 2.19. The molecule has 6 heteroatoms. The molecule has 2 rings (SSSR count). The van der Waals surface area contributed by atoms with Gasteiger partial charge in [-0.05, 0) is 5.56 Å². The van der Waals surface area contributed by atoms with Crippen LogP contribution in [0.1, 0.15) is 22.0 Å². The zero-order valence-corrected chi connectivity index (χ0v) is 9.85. The maximum Gasteiger partial charge on any atom is 0.330 e. The van der Waals surface area contributed by atoms with Crippen molar-refractivity contribution >= 4 is 11.9 Å². The number of benzene rings is 1. The standard InChI is InChI=1S/C13H11N3O3/c17-12(10-6-14-8-15-7-10)16-11(13(18)19)9-4-2-1-3-5-9/h1-8,11H,(H,16,17)(H,18,19). The van der Waals surface area contributed by atoms with Gasteiger partial charge < -0.3 is 10.4 Å². The molecule has 2 N–H and O–H groups in total. The zero-order valence-electron chi connectivity index (χ0n) is 9.85.